The van der Waals surface area contributed by atoms with Crippen LogP contribution in [0, 0.1) is 11.3 Å². The number of nitrogens with zero attached hydrogens (tertiary/aromatic N) is 2. The second kappa shape index (κ2) is 15.9. The molecule has 2 aliphatic heterocycles. The third-order valence-electron chi connectivity index (χ3n) is 16.6. The van der Waals surface area contributed by atoms with Gasteiger partial charge in [-0.15, -0.1) is 0 Å². The number of hydrogen-bond acceptors (Lipinski definition) is 4. The number of hydrogen-bond donors (Lipinski definition) is 0. The Morgan fingerprint density at radius 1 is 0.603 bits per heavy atom. The molecule has 2 aliphatic carbocycles. The van der Waals surface area contributed by atoms with Crippen molar-refractivity contribution in [2.45, 2.75) is 155 Å². The first kappa shape index (κ1) is 41.9. The molecule has 0 spiro atoms. The quantitative estimate of drug-likeness (QED) is 0.0474. The van der Waals surface area contributed by atoms with Gasteiger partial charge in [0.25, 0.3) is 23.6 Å². The Bertz CT molecular complexity index is 2720. The van der Waals surface area contributed by atoms with E-state index >= 15 is 0 Å². The number of carbonyl (C=O) groups excluding carboxylic acids is 4. The van der Waals surface area contributed by atoms with Crippen LogP contribution < -0.4 is 0 Å². The van der Waals surface area contributed by atoms with Crippen molar-refractivity contribution in [2.24, 2.45) is 11.3 Å². The van der Waals surface area contributed by atoms with Crippen LogP contribution in [0.4, 0.5) is 0 Å². The van der Waals surface area contributed by atoms with Gasteiger partial charge in [0.05, 0.1) is 0 Å². The summed E-state index contributed by atoms with van der Waals surface area (Å²) in [6.07, 6.45) is 15.7. The number of fused-ring (bicyclic) bond motifs is 5. The summed E-state index contributed by atoms with van der Waals surface area (Å²) in [6, 6.07) is 22.8. The zero-order chi connectivity index (χ0) is 43.9. The summed E-state index contributed by atoms with van der Waals surface area (Å²) in [5.41, 5.74) is 6.40. The van der Waals surface area contributed by atoms with Crippen LogP contribution in [0.15, 0.2) is 66.7 Å². The molecular formula is C57H64N2O4. The molecule has 1 saturated carbocycles. The van der Waals surface area contributed by atoms with Crippen LogP contribution in [-0.4, -0.2) is 46.0 Å². The summed E-state index contributed by atoms with van der Waals surface area (Å²) in [6.45, 7) is 14.1. The third kappa shape index (κ3) is 6.38. The van der Waals surface area contributed by atoms with Crippen LogP contribution in [0.5, 0.6) is 0 Å². The largest absolute Gasteiger partial charge is 0.274 e. The molecule has 4 aliphatic rings. The van der Waals surface area contributed by atoms with E-state index in [1.807, 2.05) is 48.5 Å². The van der Waals surface area contributed by atoms with E-state index in [-0.39, 0.29) is 40.5 Å². The van der Waals surface area contributed by atoms with Gasteiger partial charge in [-0.05, 0) is 134 Å². The average Bonchev–Trinajstić information content (AvgIpc) is 3.28. The highest BCUT2D eigenvalue weighted by molar-refractivity contribution is 6.41. The Labute approximate surface area is 373 Å². The summed E-state index contributed by atoms with van der Waals surface area (Å²) < 4.78 is 0. The van der Waals surface area contributed by atoms with Gasteiger partial charge < -0.3 is 0 Å². The Balaban J connectivity index is 1.01. The predicted octanol–water partition coefficient (Wildman–Crippen LogP) is 14.1. The van der Waals surface area contributed by atoms with Crippen molar-refractivity contribution in [3.63, 3.8) is 0 Å². The van der Waals surface area contributed by atoms with Crippen LogP contribution in [-0.2, 0) is 11.8 Å². The smallest absolute Gasteiger partial charge is 0.261 e. The van der Waals surface area contributed by atoms with E-state index in [1.165, 1.54) is 16.7 Å². The van der Waals surface area contributed by atoms with Gasteiger partial charge in [0.15, 0.2) is 0 Å². The minimum absolute atomic E-state index is 0.0109. The zero-order valence-electron chi connectivity index (χ0n) is 38.4. The van der Waals surface area contributed by atoms with Crippen LogP contribution >= 0.6 is 0 Å². The summed E-state index contributed by atoms with van der Waals surface area (Å²) in [7, 11) is 0. The van der Waals surface area contributed by atoms with Crippen molar-refractivity contribution < 1.29 is 19.2 Å². The minimum Gasteiger partial charge on any atom is -0.274 e. The van der Waals surface area contributed by atoms with E-state index in [1.54, 1.807) is 9.80 Å². The van der Waals surface area contributed by atoms with E-state index < -0.39 is 0 Å². The number of imide groups is 2. The molecule has 0 saturated heterocycles. The molecule has 1 fully saturated rings. The number of amides is 4. The standard InChI is InChI=1S/C57H64N2O4/c1-7-9-11-13-16-37(17-14-12-10-8-2)59-54(62)44-26-22-40-38-20-24-42-50-43(25-21-39(48(38)50)41-23-27-45(55(59)63)51(44)49(40)41)53(61)58(52(42)60)33-56(5)30-15-31-57(6)46-28-18-35(34(3)4)32-36(46)19-29-47(56)57/h18,20-28,32,34,37,47H,7-17,19,29-31,33H2,1-6H3. The lowest BCUT2D eigenvalue weighted by Gasteiger charge is -2.56. The highest BCUT2D eigenvalue weighted by Crippen LogP contribution is 2.58. The first-order valence-corrected chi connectivity index (χ1v) is 24.5. The second-order valence-electron chi connectivity index (χ2n) is 20.8. The Morgan fingerprint density at radius 3 is 1.60 bits per heavy atom. The number of unbranched alkanes of at least 4 members (excludes halogenated alkanes) is 6. The molecule has 0 radical (unpaired) electrons. The molecule has 3 atom stereocenters. The Kier molecular flexibility index (Phi) is 10.5. The van der Waals surface area contributed by atoms with Gasteiger partial charge in [-0.2, -0.15) is 0 Å². The zero-order valence-corrected chi connectivity index (χ0v) is 38.4. The third-order valence-corrected chi connectivity index (χ3v) is 16.6. The van der Waals surface area contributed by atoms with E-state index in [2.05, 4.69) is 59.7 Å². The molecule has 63 heavy (non-hydrogen) atoms. The molecule has 326 valence electrons. The van der Waals surface area contributed by atoms with E-state index in [0.717, 1.165) is 134 Å². The number of rotatable bonds is 14. The normalized spacial score (nSPS) is 22.2. The molecule has 6 heteroatoms. The Morgan fingerprint density at radius 2 is 1.11 bits per heavy atom. The SMILES string of the molecule is CCCCCCC(CCCCCC)N1C(=O)c2ccc3c4ccc5c6c(ccc(c7ccc(c2c37)C1=O)c64)C(=O)N(CC1(C)CCCC2(C)c3ccc(C(C)C)cc3CCC12)C5=O. The summed E-state index contributed by atoms with van der Waals surface area (Å²) >= 11 is 0. The monoisotopic (exact) mass is 840 g/mol. The molecule has 4 amide bonds. The molecule has 0 N–H and O–H groups in total. The molecule has 6 nitrogen and oxygen atoms in total. The van der Waals surface area contributed by atoms with Gasteiger partial charge in [-0.25, -0.2) is 0 Å². The first-order chi connectivity index (χ1) is 30.4. The first-order valence-electron chi connectivity index (χ1n) is 24.5. The summed E-state index contributed by atoms with van der Waals surface area (Å²) in [5, 5.41) is 6.97. The predicted molar refractivity (Wildman–Crippen MR) is 256 cm³/mol. The molecule has 3 unspecified atom stereocenters. The maximum atomic E-state index is 14.9. The van der Waals surface area contributed by atoms with Gasteiger partial charge in [0.2, 0.25) is 0 Å². The van der Waals surface area contributed by atoms with Crippen LogP contribution in [0.25, 0.3) is 43.1 Å². The average molecular weight is 841 g/mol. The lowest BCUT2D eigenvalue weighted by atomic mass is 9.49. The Hall–Kier alpha value is -5.10. The number of aryl methyl sites for hydroxylation is 1. The van der Waals surface area contributed by atoms with Crippen molar-refractivity contribution in [3.8, 4) is 0 Å². The van der Waals surface area contributed by atoms with Gasteiger partial charge in [-0.3, -0.25) is 29.0 Å². The molecule has 0 bridgehead atoms. The van der Waals surface area contributed by atoms with Crippen LogP contribution in [0.2, 0.25) is 0 Å². The summed E-state index contributed by atoms with van der Waals surface area (Å²) in [4.78, 5) is 62.1. The number of benzene rings is 6. The maximum absolute atomic E-state index is 14.9. The van der Waals surface area contributed by atoms with Crippen molar-refractivity contribution >= 4 is 66.7 Å². The fourth-order valence-corrected chi connectivity index (χ4v) is 13.4. The lowest BCUT2D eigenvalue weighted by molar-refractivity contribution is 0.000254. The molecule has 10 rings (SSSR count). The fourth-order valence-electron chi connectivity index (χ4n) is 13.4. The van der Waals surface area contributed by atoms with Gasteiger partial charge in [-0.1, -0.05) is 142 Å². The highest BCUT2D eigenvalue weighted by atomic mass is 16.2. The van der Waals surface area contributed by atoms with Gasteiger partial charge in [0.1, 0.15) is 0 Å². The van der Waals surface area contributed by atoms with Crippen molar-refractivity contribution in [3.05, 3.63) is 106 Å². The van der Waals surface area contributed by atoms with Crippen molar-refractivity contribution in [1.82, 2.24) is 9.80 Å². The lowest BCUT2D eigenvalue weighted by Crippen LogP contribution is -2.55. The van der Waals surface area contributed by atoms with Crippen LogP contribution in [0.1, 0.15) is 195 Å². The molecule has 2 heterocycles. The molecule has 6 aromatic rings. The van der Waals surface area contributed by atoms with E-state index in [4.69, 9.17) is 0 Å². The van der Waals surface area contributed by atoms with Crippen LogP contribution in [0.3, 0.4) is 0 Å². The minimum atomic E-state index is -0.224. The number of carbonyl (C=O) groups is 4. The molecule has 0 aromatic heterocycles. The van der Waals surface area contributed by atoms with Gasteiger partial charge in [0, 0.05) is 45.6 Å². The molecular weight excluding hydrogens is 777 g/mol. The maximum Gasteiger partial charge on any atom is 0.261 e. The summed E-state index contributed by atoms with van der Waals surface area (Å²) in [5.74, 6) is 0.0259. The highest BCUT2D eigenvalue weighted by Gasteiger charge is 2.53. The van der Waals surface area contributed by atoms with Gasteiger partial charge >= 0.3 is 0 Å². The van der Waals surface area contributed by atoms with E-state index in [0.29, 0.717) is 46.0 Å². The second-order valence-corrected chi connectivity index (χ2v) is 20.8. The van der Waals surface area contributed by atoms with Crippen molar-refractivity contribution in [2.75, 3.05) is 6.54 Å². The van der Waals surface area contributed by atoms with Crippen molar-refractivity contribution in [1.29, 1.82) is 0 Å². The fraction of sp³-hybridized carbons (Fsp3) is 0.474. The van der Waals surface area contributed by atoms with E-state index in [9.17, 15) is 19.2 Å². The molecule has 6 aromatic carbocycles. The topological polar surface area (TPSA) is 74.8 Å².